The van der Waals surface area contributed by atoms with Crippen LogP contribution in [0.15, 0.2) is 38.7 Å². The van der Waals surface area contributed by atoms with Gasteiger partial charge in [0.15, 0.2) is 10.9 Å². The summed E-state index contributed by atoms with van der Waals surface area (Å²) in [6, 6.07) is 7.23. The number of thioether (sulfide) groups is 1. The molecular weight excluding hydrogens is 330 g/mol. The van der Waals surface area contributed by atoms with Crippen LogP contribution in [0.3, 0.4) is 0 Å². The molecule has 19 heavy (non-hydrogen) atoms. The molecule has 0 radical (unpaired) electrons. The molecule has 1 aromatic heterocycles. The van der Waals surface area contributed by atoms with E-state index in [0.29, 0.717) is 17.3 Å². The number of halogens is 1. The molecule has 1 heterocycles. The molecule has 0 aliphatic rings. The van der Waals surface area contributed by atoms with Gasteiger partial charge in [0, 0.05) is 16.6 Å². The lowest BCUT2D eigenvalue weighted by Crippen LogP contribution is -2.16. The van der Waals surface area contributed by atoms with E-state index in [2.05, 4.69) is 26.1 Å². The average Bonchev–Trinajstić information content (AvgIpc) is 2.76. The molecule has 1 aromatic carbocycles. The van der Waals surface area contributed by atoms with Crippen molar-refractivity contribution in [2.45, 2.75) is 18.6 Å². The summed E-state index contributed by atoms with van der Waals surface area (Å²) in [6.45, 7) is 2.39. The van der Waals surface area contributed by atoms with Gasteiger partial charge in [0.1, 0.15) is 0 Å². The zero-order chi connectivity index (χ0) is 13.8. The molecule has 0 fully saturated rings. The van der Waals surface area contributed by atoms with Crippen LogP contribution < -0.4 is 5.69 Å². The Kier molecular flexibility index (Phi) is 4.60. The van der Waals surface area contributed by atoms with Gasteiger partial charge in [0.2, 0.25) is 0 Å². The van der Waals surface area contributed by atoms with Gasteiger partial charge in [-0.15, -0.1) is 5.10 Å². The van der Waals surface area contributed by atoms with Crippen molar-refractivity contribution in [2.75, 3.05) is 5.75 Å². The first-order valence-electron chi connectivity index (χ1n) is 5.68. The van der Waals surface area contributed by atoms with Crippen LogP contribution in [0, 0.1) is 0 Å². The second-order valence-electron chi connectivity index (χ2n) is 3.78. The Morgan fingerprint density at radius 1 is 1.53 bits per heavy atom. The third-order valence-electron chi connectivity index (χ3n) is 2.52. The fourth-order valence-electron chi connectivity index (χ4n) is 1.57. The van der Waals surface area contributed by atoms with E-state index in [1.165, 1.54) is 16.3 Å². The topological polar surface area (TPSA) is 67.8 Å². The molecule has 0 saturated carbocycles. The molecule has 0 aliphatic heterocycles. The summed E-state index contributed by atoms with van der Waals surface area (Å²) < 4.78 is 2.37. The largest absolute Gasteiger partial charge is 0.343 e. The monoisotopic (exact) mass is 341 g/mol. The lowest BCUT2D eigenvalue weighted by atomic mass is 10.2. The number of aromatic nitrogens is 3. The Morgan fingerprint density at radius 2 is 2.32 bits per heavy atom. The van der Waals surface area contributed by atoms with Crippen LogP contribution in [-0.2, 0) is 6.54 Å². The van der Waals surface area contributed by atoms with E-state index in [9.17, 15) is 9.59 Å². The minimum Gasteiger partial charge on any atom is -0.293 e. The van der Waals surface area contributed by atoms with Gasteiger partial charge in [-0.1, -0.05) is 39.8 Å². The van der Waals surface area contributed by atoms with E-state index in [1.807, 2.05) is 19.1 Å². The standard InChI is InChI=1S/C12H12BrN3O2S/c1-2-16-11(18)14-15-12(16)19-7-10(17)8-4-3-5-9(13)6-8/h3-6H,2,7H2,1H3,(H,14,18). The van der Waals surface area contributed by atoms with Crippen LogP contribution in [0.4, 0.5) is 0 Å². The van der Waals surface area contributed by atoms with Gasteiger partial charge in [-0.25, -0.2) is 9.89 Å². The van der Waals surface area contributed by atoms with Crippen molar-refractivity contribution in [1.29, 1.82) is 0 Å². The number of carbonyl (C=O) groups is 1. The van der Waals surface area contributed by atoms with E-state index in [0.717, 1.165) is 4.47 Å². The number of nitrogens with one attached hydrogen (secondary N) is 1. The number of ketones is 1. The SMILES string of the molecule is CCn1c(SCC(=O)c2cccc(Br)c2)n[nH]c1=O. The summed E-state index contributed by atoms with van der Waals surface area (Å²) in [5.74, 6) is 0.255. The Bertz CT molecular complexity index is 650. The molecule has 2 aromatic rings. The van der Waals surface area contributed by atoms with E-state index in [-0.39, 0.29) is 17.2 Å². The average molecular weight is 342 g/mol. The number of benzene rings is 1. The van der Waals surface area contributed by atoms with Gasteiger partial charge < -0.3 is 0 Å². The highest BCUT2D eigenvalue weighted by Gasteiger charge is 2.11. The molecule has 0 bridgehead atoms. The minimum atomic E-state index is -0.250. The zero-order valence-electron chi connectivity index (χ0n) is 10.2. The summed E-state index contributed by atoms with van der Waals surface area (Å²) in [6.07, 6.45) is 0. The summed E-state index contributed by atoms with van der Waals surface area (Å²) in [5.41, 5.74) is 0.391. The molecule has 0 saturated heterocycles. The van der Waals surface area contributed by atoms with Crippen molar-refractivity contribution in [2.24, 2.45) is 0 Å². The molecule has 5 nitrogen and oxygen atoms in total. The molecule has 100 valence electrons. The van der Waals surface area contributed by atoms with Gasteiger partial charge in [0.25, 0.3) is 0 Å². The first-order valence-corrected chi connectivity index (χ1v) is 7.46. The first-order chi connectivity index (χ1) is 9.11. The van der Waals surface area contributed by atoms with E-state index >= 15 is 0 Å². The maximum atomic E-state index is 12.0. The van der Waals surface area contributed by atoms with Crippen molar-refractivity contribution >= 4 is 33.5 Å². The number of rotatable bonds is 5. The number of H-pyrrole nitrogens is 1. The smallest absolute Gasteiger partial charge is 0.293 e. The third-order valence-corrected chi connectivity index (χ3v) is 3.99. The summed E-state index contributed by atoms with van der Waals surface area (Å²) in [4.78, 5) is 23.4. The third kappa shape index (κ3) is 3.36. The number of aromatic amines is 1. The van der Waals surface area contributed by atoms with Crippen molar-refractivity contribution in [3.05, 3.63) is 44.8 Å². The predicted octanol–water partition coefficient (Wildman–Crippen LogP) is 2.33. The second kappa shape index (κ2) is 6.21. The summed E-state index contributed by atoms with van der Waals surface area (Å²) >= 11 is 4.59. The van der Waals surface area contributed by atoms with Crippen LogP contribution in [0.5, 0.6) is 0 Å². The van der Waals surface area contributed by atoms with Crippen LogP contribution in [-0.4, -0.2) is 26.3 Å². The molecule has 0 unspecified atom stereocenters. The van der Waals surface area contributed by atoms with Gasteiger partial charge >= 0.3 is 5.69 Å². The number of carbonyl (C=O) groups excluding carboxylic acids is 1. The van der Waals surface area contributed by atoms with Crippen molar-refractivity contribution in [1.82, 2.24) is 14.8 Å². The molecule has 2 rings (SSSR count). The van der Waals surface area contributed by atoms with Crippen LogP contribution in [0.2, 0.25) is 0 Å². The van der Waals surface area contributed by atoms with Gasteiger partial charge in [-0.05, 0) is 19.1 Å². The van der Waals surface area contributed by atoms with Gasteiger partial charge in [-0.3, -0.25) is 9.36 Å². The van der Waals surface area contributed by atoms with Crippen LogP contribution in [0.1, 0.15) is 17.3 Å². The number of nitrogens with zero attached hydrogens (tertiary/aromatic N) is 2. The van der Waals surface area contributed by atoms with Crippen LogP contribution in [0.25, 0.3) is 0 Å². The van der Waals surface area contributed by atoms with Gasteiger partial charge in [0.05, 0.1) is 5.75 Å². The lowest BCUT2D eigenvalue weighted by Gasteiger charge is -2.02. The Hall–Kier alpha value is -1.34. The Labute approximate surface area is 122 Å². The highest BCUT2D eigenvalue weighted by atomic mass is 79.9. The molecule has 0 aliphatic carbocycles. The number of Topliss-reactive ketones (excluding diaryl/α,β-unsaturated/α-hetero) is 1. The molecule has 0 atom stereocenters. The van der Waals surface area contributed by atoms with Crippen molar-refractivity contribution in [3.8, 4) is 0 Å². The summed E-state index contributed by atoms with van der Waals surface area (Å²) in [5, 5.41) is 6.81. The quantitative estimate of drug-likeness (QED) is 0.669. The fraction of sp³-hybridized carbons (Fsp3) is 0.250. The Balaban J connectivity index is 2.06. The highest BCUT2D eigenvalue weighted by molar-refractivity contribution is 9.10. The molecule has 0 spiro atoms. The maximum Gasteiger partial charge on any atom is 0.343 e. The molecule has 1 N–H and O–H groups in total. The number of hydrogen-bond donors (Lipinski definition) is 1. The Morgan fingerprint density at radius 3 is 3.00 bits per heavy atom. The molecule has 0 amide bonds. The lowest BCUT2D eigenvalue weighted by molar-refractivity contribution is 0.102. The van der Waals surface area contributed by atoms with E-state index < -0.39 is 0 Å². The van der Waals surface area contributed by atoms with Gasteiger partial charge in [-0.2, -0.15) is 0 Å². The summed E-state index contributed by atoms with van der Waals surface area (Å²) in [7, 11) is 0. The normalized spacial score (nSPS) is 10.6. The molecule has 7 heteroatoms. The maximum absolute atomic E-state index is 12.0. The number of hydrogen-bond acceptors (Lipinski definition) is 4. The van der Waals surface area contributed by atoms with Crippen LogP contribution >= 0.6 is 27.7 Å². The van der Waals surface area contributed by atoms with E-state index in [4.69, 9.17) is 0 Å². The minimum absolute atomic E-state index is 0.00408. The molecular formula is C12H12BrN3O2S. The van der Waals surface area contributed by atoms with Crippen molar-refractivity contribution < 1.29 is 4.79 Å². The first kappa shape index (κ1) is 14.1. The fourth-order valence-corrected chi connectivity index (χ4v) is 2.87. The zero-order valence-corrected chi connectivity index (χ0v) is 12.6. The van der Waals surface area contributed by atoms with E-state index in [1.54, 1.807) is 12.1 Å². The highest BCUT2D eigenvalue weighted by Crippen LogP contribution is 2.17. The predicted molar refractivity (Wildman–Crippen MR) is 77.7 cm³/mol. The van der Waals surface area contributed by atoms with Crippen molar-refractivity contribution in [3.63, 3.8) is 0 Å². The second-order valence-corrected chi connectivity index (χ2v) is 5.64.